The molecule has 1 aliphatic heterocycles. The van der Waals surface area contributed by atoms with Crippen molar-refractivity contribution in [2.75, 3.05) is 19.6 Å². The van der Waals surface area contributed by atoms with Gasteiger partial charge >= 0.3 is 0 Å². The number of hydrogen-bond donors (Lipinski definition) is 1. The summed E-state index contributed by atoms with van der Waals surface area (Å²) in [6.45, 7) is 8.15. The van der Waals surface area contributed by atoms with Crippen molar-refractivity contribution in [1.82, 2.24) is 10.2 Å². The van der Waals surface area contributed by atoms with Crippen molar-refractivity contribution in [3.63, 3.8) is 0 Å². The second kappa shape index (κ2) is 7.14. The quantitative estimate of drug-likeness (QED) is 0.862. The Morgan fingerprint density at radius 2 is 1.70 bits per heavy atom. The average Bonchev–Trinajstić information content (AvgIpc) is 2.86. The third-order valence-electron chi connectivity index (χ3n) is 3.98. The number of rotatable bonds is 6. The summed E-state index contributed by atoms with van der Waals surface area (Å²) in [5.74, 6) is -0.451. The van der Waals surface area contributed by atoms with Gasteiger partial charge in [-0.15, -0.1) is 0 Å². The minimum atomic E-state index is -0.512. The molecule has 1 saturated heterocycles. The molecule has 0 aliphatic carbocycles. The Balaban J connectivity index is 1.86. The molecule has 1 aromatic carbocycles. The van der Waals surface area contributed by atoms with Gasteiger partial charge in [-0.3, -0.25) is 4.90 Å². The molecule has 1 fully saturated rings. The van der Waals surface area contributed by atoms with E-state index in [2.05, 4.69) is 24.1 Å². The minimum absolute atomic E-state index is 0.496. The Morgan fingerprint density at radius 3 is 2.25 bits per heavy atom. The summed E-state index contributed by atoms with van der Waals surface area (Å²) in [4.78, 5) is 2.52. The lowest BCUT2D eigenvalue weighted by Gasteiger charge is -2.31. The lowest BCUT2D eigenvalue weighted by atomic mass is 10.0. The second-order valence-corrected chi connectivity index (χ2v) is 5.96. The highest BCUT2D eigenvalue weighted by Crippen LogP contribution is 2.17. The standard InChI is InChI=1S/C16H24F2N2/c1-12(2)16(20-5-3-4-6-20)11-19-10-13-7-14(17)9-15(18)8-13/h7-9,12,16,19H,3-6,10-11H2,1-2H3. The van der Waals surface area contributed by atoms with Crippen molar-refractivity contribution >= 4 is 0 Å². The van der Waals surface area contributed by atoms with Crippen molar-refractivity contribution in [2.45, 2.75) is 39.3 Å². The normalized spacial score (nSPS) is 17.9. The van der Waals surface area contributed by atoms with E-state index in [9.17, 15) is 8.78 Å². The van der Waals surface area contributed by atoms with Crippen molar-refractivity contribution in [3.8, 4) is 0 Å². The molecule has 0 bridgehead atoms. The molecule has 4 heteroatoms. The summed E-state index contributed by atoms with van der Waals surface area (Å²) < 4.78 is 26.2. The molecule has 1 heterocycles. The van der Waals surface area contributed by atoms with Crippen LogP contribution in [0, 0.1) is 17.6 Å². The highest BCUT2D eigenvalue weighted by molar-refractivity contribution is 5.17. The Kier molecular flexibility index (Phi) is 5.49. The van der Waals surface area contributed by atoms with Crippen molar-refractivity contribution in [2.24, 2.45) is 5.92 Å². The fourth-order valence-corrected chi connectivity index (χ4v) is 2.94. The Hall–Kier alpha value is -1.00. The van der Waals surface area contributed by atoms with Crippen molar-refractivity contribution < 1.29 is 8.78 Å². The molecule has 2 rings (SSSR count). The molecule has 1 aromatic rings. The summed E-state index contributed by atoms with van der Waals surface area (Å²) in [6.07, 6.45) is 2.55. The SMILES string of the molecule is CC(C)C(CNCc1cc(F)cc(F)c1)N1CCCC1. The lowest BCUT2D eigenvalue weighted by Crippen LogP contribution is -2.44. The number of hydrogen-bond acceptors (Lipinski definition) is 2. The van der Waals surface area contributed by atoms with Gasteiger partial charge in [0.25, 0.3) is 0 Å². The topological polar surface area (TPSA) is 15.3 Å². The summed E-state index contributed by atoms with van der Waals surface area (Å²) in [5, 5.41) is 3.34. The van der Waals surface area contributed by atoms with Crippen molar-refractivity contribution in [1.29, 1.82) is 0 Å². The lowest BCUT2D eigenvalue weighted by molar-refractivity contribution is 0.186. The molecule has 1 unspecified atom stereocenters. The summed E-state index contributed by atoms with van der Waals surface area (Å²) in [6, 6.07) is 4.17. The molecular weight excluding hydrogens is 258 g/mol. The van der Waals surface area contributed by atoms with Gasteiger partial charge < -0.3 is 5.32 Å². The van der Waals surface area contributed by atoms with E-state index in [1.807, 2.05) is 0 Å². The van der Waals surface area contributed by atoms with Gasteiger partial charge in [-0.05, 0) is 49.5 Å². The monoisotopic (exact) mass is 282 g/mol. The molecule has 0 aromatic heterocycles. The first-order valence-corrected chi connectivity index (χ1v) is 7.46. The smallest absolute Gasteiger partial charge is 0.126 e. The molecule has 0 saturated carbocycles. The van der Waals surface area contributed by atoms with E-state index >= 15 is 0 Å². The highest BCUT2D eigenvalue weighted by atomic mass is 19.1. The van der Waals surface area contributed by atoms with Crippen LogP contribution in [0.4, 0.5) is 8.78 Å². The van der Waals surface area contributed by atoms with Crippen LogP contribution in [0.1, 0.15) is 32.3 Å². The Morgan fingerprint density at radius 1 is 1.10 bits per heavy atom. The van der Waals surface area contributed by atoms with Crippen LogP contribution >= 0.6 is 0 Å². The van der Waals surface area contributed by atoms with Gasteiger partial charge in [0.1, 0.15) is 11.6 Å². The minimum Gasteiger partial charge on any atom is -0.311 e. The number of halogens is 2. The van der Waals surface area contributed by atoms with Gasteiger partial charge in [0.05, 0.1) is 0 Å². The fourth-order valence-electron chi connectivity index (χ4n) is 2.94. The molecule has 1 atom stereocenters. The van der Waals surface area contributed by atoms with E-state index in [1.54, 1.807) is 0 Å². The molecular formula is C16H24F2N2. The van der Waals surface area contributed by atoms with Crippen LogP contribution in [0.5, 0.6) is 0 Å². The van der Waals surface area contributed by atoms with Crippen LogP contribution in [-0.4, -0.2) is 30.6 Å². The van der Waals surface area contributed by atoms with Crippen LogP contribution in [0.15, 0.2) is 18.2 Å². The first-order chi connectivity index (χ1) is 9.56. The first kappa shape index (κ1) is 15.4. The maximum Gasteiger partial charge on any atom is 0.126 e. The van der Waals surface area contributed by atoms with E-state index in [1.165, 1.54) is 38.1 Å². The van der Waals surface area contributed by atoms with Gasteiger partial charge in [-0.2, -0.15) is 0 Å². The second-order valence-electron chi connectivity index (χ2n) is 5.96. The number of likely N-dealkylation sites (tertiary alicyclic amines) is 1. The zero-order valence-corrected chi connectivity index (χ0v) is 12.3. The van der Waals surface area contributed by atoms with Crippen LogP contribution in [-0.2, 0) is 6.54 Å². The number of nitrogens with zero attached hydrogens (tertiary/aromatic N) is 1. The summed E-state index contributed by atoms with van der Waals surface area (Å²) in [7, 11) is 0. The first-order valence-electron chi connectivity index (χ1n) is 7.46. The van der Waals surface area contributed by atoms with E-state index < -0.39 is 11.6 Å². The molecule has 0 spiro atoms. The molecule has 1 aliphatic rings. The van der Waals surface area contributed by atoms with Crippen molar-refractivity contribution in [3.05, 3.63) is 35.4 Å². The van der Waals surface area contributed by atoms with Gasteiger partial charge in [-0.1, -0.05) is 13.8 Å². The largest absolute Gasteiger partial charge is 0.311 e. The fraction of sp³-hybridized carbons (Fsp3) is 0.625. The van der Waals surface area contributed by atoms with E-state index in [-0.39, 0.29) is 0 Å². The predicted molar refractivity (Wildman–Crippen MR) is 77.5 cm³/mol. The number of benzene rings is 1. The molecule has 1 N–H and O–H groups in total. The van der Waals surface area contributed by atoms with Crippen LogP contribution in [0.25, 0.3) is 0 Å². The third-order valence-corrected chi connectivity index (χ3v) is 3.98. The van der Waals surface area contributed by atoms with Gasteiger partial charge in [0.15, 0.2) is 0 Å². The van der Waals surface area contributed by atoms with E-state index in [0.29, 0.717) is 24.1 Å². The Labute approximate surface area is 120 Å². The van der Waals surface area contributed by atoms with Crippen LogP contribution in [0.2, 0.25) is 0 Å². The van der Waals surface area contributed by atoms with Crippen LogP contribution in [0.3, 0.4) is 0 Å². The molecule has 112 valence electrons. The van der Waals surface area contributed by atoms with Gasteiger partial charge in [0.2, 0.25) is 0 Å². The van der Waals surface area contributed by atoms with E-state index in [4.69, 9.17) is 0 Å². The zero-order valence-electron chi connectivity index (χ0n) is 12.3. The zero-order chi connectivity index (χ0) is 14.5. The Bertz CT molecular complexity index is 408. The predicted octanol–water partition coefficient (Wildman–Crippen LogP) is 3.17. The van der Waals surface area contributed by atoms with Crippen LogP contribution < -0.4 is 5.32 Å². The number of nitrogens with one attached hydrogen (secondary N) is 1. The van der Waals surface area contributed by atoms with Gasteiger partial charge in [-0.25, -0.2) is 8.78 Å². The average molecular weight is 282 g/mol. The molecule has 0 amide bonds. The van der Waals surface area contributed by atoms with Gasteiger partial charge in [0, 0.05) is 25.2 Å². The molecule has 20 heavy (non-hydrogen) atoms. The van der Waals surface area contributed by atoms with E-state index in [0.717, 1.165) is 12.6 Å². The third kappa shape index (κ3) is 4.25. The summed E-state index contributed by atoms with van der Waals surface area (Å²) >= 11 is 0. The maximum absolute atomic E-state index is 13.1. The highest BCUT2D eigenvalue weighted by Gasteiger charge is 2.23. The maximum atomic E-state index is 13.1. The summed E-state index contributed by atoms with van der Waals surface area (Å²) in [5.41, 5.74) is 0.659. The molecule has 0 radical (unpaired) electrons. The molecule has 2 nitrogen and oxygen atoms in total.